The van der Waals surface area contributed by atoms with Gasteiger partial charge >= 0.3 is 0 Å². The van der Waals surface area contributed by atoms with Gasteiger partial charge in [0.1, 0.15) is 5.52 Å². The van der Waals surface area contributed by atoms with Crippen LogP contribution >= 0.6 is 0 Å². The summed E-state index contributed by atoms with van der Waals surface area (Å²) in [7, 11) is 0. The molecule has 0 aliphatic heterocycles. The smallest absolute Gasteiger partial charge is 0.227 e. The number of benzene rings is 9. The molecule has 0 spiro atoms. The molecular weight excluding hydrogens is 671 g/mol. The van der Waals surface area contributed by atoms with Gasteiger partial charge in [-0.1, -0.05) is 127 Å². The number of anilines is 3. The molecule has 0 aliphatic carbocycles. The first-order valence-electron chi connectivity index (χ1n) is 18.6. The highest BCUT2D eigenvalue weighted by atomic mass is 16.3. The second-order valence-corrected chi connectivity index (χ2v) is 14.0. The lowest BCUT2D eigenvalue weighted by Crippen LogP contribution is -2.10. The average Bonchev–Trinajstić information content (AvgIpc) is 3.84. The first-order chi connectivity index (χ1) is 27.3. The van der Waals surface area contributed by atoms with E-state index in [9.17, 15) is 0 Å². The molecule has 258 valence electrons. The molecule has 4 heteroatoms. The summed E-state index contributed by atoms with van der Waals surface area (Å²) in [5, 5.41) is 7.13. The third kappa shape index (κ3) is 5.19. The van der Waals surface area contributed by atoms with E-state index in [-0.39, 0.29) is 0 Å². The predicted molar refractivity (Wildman–Crippen MR) is 229 cm³/mol. The van der Waals surface area contributed by atoms with Crippen molar-refractivity contribution in [3.05, 3.63) is 200 Å². The van der Waals surface area contributed by atoms with Gasteiger partial charge in [-0.3, -0.25) is 0 Å². The second-order valence-electron chi connectivity index (χ2n) is 14.0. The zero-order valence-electron chi connectivity index (χ0n) is 29.8. The van der Waals surface area contributed by atoms with Gasteiger partial charge in [-0.15, -0.1) is 0 Å². The van der Waals surface area contributed by atoms with Crippen LogP contribution in [-0.4, -0.2) is 9.55 Å². The molecule has 0 bridgehead atoms. The SMILES string of the molecule is c1ccc(-n2c3ccccc3c3ccc(N(c4ccc(-c5nc6ccc7ccccc7c6o5)cc4)c4ccc(-c5cccc6ccccc56)cc4)cc32)cc1. The van der Waals surface area contributed by atoms with Gasteiger partial charge < -0.3 is 13.9 Å². The molecule has 0 N–H and O–H groups in total. The normalized spacial score (nSPS) is 11.6. The van der Waals surface area contributed by atoms with Crippen LogP contribution in [0, 0.1) is 0 Å². The van der Waals surface area contributed by atoms with E-state index < -0.39 is 0 Å². The summed E-state index contributed by atoms with van der Waals surface area (Å²) in [6, 6.07) is 71.1. The number of nitrogens with zero attached hydrogens (tertiary/aromatic N) is 3. The fourth-order valence-corrected chi connectivity index (χ4v) is 8.20. The van der Waals surface area contributed by atoms with E-state index >= 15 is 0 Å². The van der Waals surface area contributed by atoms with Crippen molar-refractivity contribution in [3.8, 4) is 28.3 Å². The minimum atomic E-state index is 0.609. The van der Waals surface area contributed by atoms with Crippen molar-refractivity contribution in [2.24, 2.45) is 0 Å². The highest BCUT2D eigenvalue weighted by Crippen LogP contribution is 2.41. The van der Waals surface area contributed by atoms with Crippen molar-refractivity contribution in [3.63, 3.8) is 0 Å². The molecule has 0 atom stereocenters. The molecule has 0 fully saturated rings. The van der Waals surface area contributed by atoms with Gasteiger partial charge in [0.2, 0.25) is 5.89 Å². The molecule has 0 unspecified atom stereocenters. The Bertz CT molecular complexity index is 3190. The fourth-order valence-electron chi connectivity index (χ4n) is 8.20. The van der Waals surface area contributed by atoms with E-state index in [1.54, 1.807) is 0 Å². The molecule has 2 heterocycles. The van der Waals surface area contributed by atoms with Crippen molar-refractivity contribution >= 4 is 71.5 Å². The van der Waals surface area contributed by atoms with Gasteiger partial charge in [-0.25, -0.2) is 4.98 Å². The Morgan fingerprint density at radius 1 is 0.418 bits per heavy atom. The molecular formula is C51H33N3O. The number of oxazole rings is 1. The third-order valence-corrected chi connectivity index (χ3v) is 10.8. The first kappa shape index (κ1) is 31.1. The summed E-state index contributed by atoms with van der Waals surface area (Å²) < 4.78 is 8.80. The van der Waals surface area contributed by atoms with Crippen LogP contribution in [0.3, 0.4) is 0 Å². The maximum atomic E-state index is 6.43. The Labute approximate surface area is 317 Å². The highest BCUT2D eigenvalue weighted by molar-refractivity contribution is 6.10. The standard InChI is InChI=1S/C51H33N3O/c1-2-14-38(15-3-1)54-48-20-9-8-18-45(48)46-31-30-41(33-49(46)54)53(39-26-21-36(22-27-39)43-19-10-13-34-11-4-6-16-42(34)43)40-28-23-37(24-29-40)51-52-47-32-25-35-12-5-7-17-44(35)50(47)55-51/h1-33H. The third-order valence-electron chi connectivity index (χ3n) is 10.8. The molecule has 0 radical (unpaired) electrons. The van der Waals surface area contributed by atoms with E-state index in [1.165, 1.54) is 38.2 Å². The minimum absolute atomic E-state index is 0.609. The molecule has 0 amide bonds. The van der Waals surface area contributed by atoms with Crippen LogP contribution in [0.25, 0.3) is 82.7 Å². The Morgan fingerprint density at radius 2 is 1.02 bits per heavy atom. The highest BCUT2D eigenvalue weighted by Gasteiger charge is 2.19. The van der Waals surface area contributed by atoms with Crippen molar-refractivity contribution in [1.29, 1.82) is 0 Å². The number of aromatic nitrogens is 2. The van der Waals surface area contributed by atoms with Crippen molar-refractivity contribution in [2.45, 2.75) is 0 Å². The maximum Gasteiger partial charge on any atom is 0.227 e. The van der Waals surface area contributed by atoms with Gasteiger partial charge in [-0.2, -0.15) is 0 Å². The molecule has 11 rings (SSSR count). The largest absolute Gasteiger partial charge is 0.435 e. The van der Waals surface area contributed by atoms with Gasteiger partial charge in [0.05, 0.1) is 11.0 Å². The Balaban J connectivity index is 1.06. The molecule has 55 heavy (non-hydrogen) atoms. The molecule has 9 aromatic carbocycles. The lowest BCUT2D eigenvalue weighted by atomic mass is 9.98. The zero-order chi connectivity index (χ0) is 36.3. The van der Waals surface area contributed by atoms with Crippen LogP contribution in [0.4, 0.5) is 17.1 Å². The molecule has 0 aliphatic rings. The predicted octanol–water partition coefficient (Wildman–Crippen LogP) is 14.0. The van der Waals surface area contributed by atoms with Crippen molar-refractivity contribution in [2.75, 3.05) is 4.90 Å². The Hall–Kier alpha value is -7.43. The molecule has 0 saturated heterocycles. The summed E-state index contributed by atoms with van der Waals surface area (Å²) in [5.74, 6) is 0.609. The van der Waals surface area contributed by atoms with E-state index in [4.69, 9.17) is 9.40 Å². The summed E-state index contributed by atoms with van der Waals surface area (Å²) in [6.07, 6.45) is 0. The van der Waals surface area contributed by atoms with Crippen molar-refractivity contribution < 1.29 is 4.42 Å². The van der Waals surface area contributed by atoms with Gasteiger partial charge in [0.15, 0.2) is 5.58 Å². The molecule has 2 aromatic heterocycles. The summed E-state index contributed by atoms with van der Waals surface area (Å²) in [6.45, 7) is 0. The van der Waals surface area contributed by atoms with Gasteiger partial charge in [-0.05, 0) is 100 Å². The molecule has 4 nitrogen and oxygen atoms in total. The van der Waals surface area contributed by atoms with E-state index in [2.05, 4.69) is 191 Å². The second kappa shape index (κ2) is 12.6. The van der Waals surface area contributed by atoms with E-state index in [0.717, 1.165) is 55.7 Å². The number of para-hydroxylation sites is 2. The maximum absolute atomic E-state index is 6.43. The van der Waals surface area contributed by atoms with Crippen LogP contribution in [0.5, 0.6) is 0 Å². The topological polar surface area (TPSA) is 34.2 Å². The number of hydrogen-bond donors (Lipinski definition) is 0. The number of hydrogen-bond acceptors (Lipinski definition) is 3. The van der Waals surface area contributed by atoms with Gasteiger partial charge in [0.25, 0.3) is 0 Å². The van der Waals surface area contributed by atoms with E-state index in [1.807, 2.05) is 18.2 Å². The number of fused-ring (bicyclic) bond motifs is 7. The Kier molecular flexibility index (Phi) is 7.14. The number of rotatable bonds is 6. The van der Waals surface area contributed by atoms with E-state index in [0.29, 0.717) is 5.89 Å². The quantitative estimate of drug-likeness (QED) is 0.173. The summed E-state index contributed by atoms with van der Waals surface area (Å²) in [4.78, 5) is 7.23. The molecule has 0 saturated carbocycles. The fraction of sp³-hybridized carbons (Fsp3) is 0. The van der Waals surface area contributed by atoms with Crippen LogP contribution < -0.4 is 4.90 Å². The van der Waals surface area contributed by atoms with Crippen LogP contribution in [0.2, 0.25) is 0 Å². The monoisotopic (exact) mass is 703 g/mol. The van der Waals surface area contributed by atoms with Gasteiger partial charge in [0, 0.05) is 44.5 Å². The van der Waals surface area contributed by atoms with Crippen LogP contribution in [0.15, 0.2) is 205 Å². The van der Waals surface area contributed by atoms with Crippen LogP contribution in [-0.2, 0) is 0 Å². The summed E-state index contributed by atoms with van der Waals surface area (Å²) in [5.41, 5.74) is 11.6. The lowest BCUT2D eigenvalue weighted by Gasteiger charge is -2.26. The lowest BCUT2D eigenvalue weighted by molar-refractivity contribution is 0.623. The average molecular weight is 704 g/mol. The minimum Gasteiger partial charge on any atom is -0.435 e. The van der Waals surface area contributed by atoms with Crippen molar-refractivity contribution in [1.82, 2.24) is 9.55 Å². The zero-order valence-corrected chi connectivity index (χ0v) is 29.8. The summed E-state index contributed by atoms with van der Waals surface area (Å²) >= 11 is 0. The first-order valence-corrected chi connectivity index (χ1v) is 18.6. The van der Waals surface area contributed by atoms with Crippen LogP contribution in [0.1, 0.15) is 0 Å². The Morgan fingerprint density at radius 3 is 1.80 bits per heavy atom. The molecule has 11 aromatic rings.